The molecule has 8 nitrogen and oxygen atoms in total. The Kier molecular flexibility index (Phi) is 4.23. The zero-order valence-corrected chi connectivity index (χ0v) is 15.3. The Morgan fingerprint density at radius 1 is 1.22 bits per heavy atom. The van der Waals surface area contributed by atoms with Crippen molar-refractivity contribution in [3.63, 3.8) is 0 Å². The smallest absolute Gasteiger partial charge is 0.277 e. The highest BCUT2D eigenvalue weighted by Gasteiger charge is 2.24. The number of hydrogen-bond donors (Lipinski definition) is 1. The van der Waals surface area contributed by atoms with Gasteiger partial charge in [-0.2, -0.15) is 0 Å². The molecule has 1 amide bonds. The maximum absolute atomic E-state index is 12.4. The van der Waals surface area contributed by atoms with E-state index in [1.54, 1.807) is 24.3 Å². The van der Waals surface area contributed by atoms with Gasteiger partial charge in [-0.3, -0.25) is 9.10 Å². The number of amides is 1. The van der Waals surface area contributed by atoms with Crippen LogP contribution in [0.4, 0.5) is 11.4 Å². The van der Waals surface area contributed by atoms with Crippen molar-refractivity contribution in [1.82, 2.24) is 5.16 Å². The number of rotatable bonds is 4. The Morgan fingerprint density at radius 3 is 2.81 bits per heavy atom. The normalized spacial score (nSPS) is 14.0. The van der Waals surface area contributed by atoms with Gasteiger partial charge >= 0.3 is 0 Å². The van der Waals surface area contributed by atoms with Crippen LogP contribution in [-0.2, 0) is 16.4 Å². The van der Waals surface area contributed by atoms with Crippen molar-refractivity contribution in [3.05, 3.63) is 53.9 Å². The molecule has 27 heavy (non-hydrogen) atoms. The summed E-state index contributed by atoms with van der Waals surface area (Å²) < 4.78 is 35.8. The second-order valence-corrected chi connectivity index (χ2v) is 8.20. The van der Waals surface area contributed by atoms with Gasteiger partial charge in [0.2, 0.25) is 15.8 Å². The molecule has 3 aromatic rings. The molecule has 3 heterocycles. The Balaban J connectivity index is 1.57. The van der Waals surface area contributed by atoms with Gasteiger partial charge in [0.25, 0.3) is 5.91 Å². The Hall–Kier alpha value is -3.07. The quantitative estimate of drug-likeness (QED) is 0.738. The SMILES string of the molecule is CS(=O)(=O)N1CCCc2ccc(NC(=O)c3cc(-c4ccco4)on3)cc21. The molecule has 0 radical (unpaired) electrons. The first-order valence-corrected chi connectivity index (χ1v) is 10.2. The number of hydrogen-bond acceptors (Lipinski definition) is 6. The number of carbonyl (C=O) groups excluding carboxylic acids is 1. The summed E-state index contributed by atoms with van der Waals surface area (Å²) in [7, 11) is -3.38. The van der Waals surface area contributed by atoms with E-state index < -0.39 is 15.9 Å². The molecule has 0 aliphatic carbocycles. The van der Waals surface area contributed by atoms with Gasteiger partial charge in [0.15, 0.2) is 11.5 Å². The van der Waals surface area contributed by atoms with Gasteiger partial charge in [-0.1, -0.05) is 11.2 Å². The molecule has 4 rings (SSSR count). The molecule has 9 heteroatoms. The number of fused-ring (bicyclic) bond motifs is 1. The minimum atomic E-state index is -3.38. The van der Waals surface area contributed by atoms with E-state index in [1.165, 1.54) is 22.9 Å². The molecule has 0 bridgehead atoms. The number of furan rings is 1. The van der Waals surface area contributed by atoms with Crippen LogP contribution in [0.15, 0.2) is 51.6 Å². The molecule has 140 valence electrons. The molecule has 0 fully saturated rings. The average molecular weight is 387 g/mol. The lowest BCUT2D eigenvalue weighted by molar-refractivity contribution is 0.101. The van der Waals surface area contributed by atoms with E-state index in [2.05, 4.69) is 10.5 Å². The van der Waals surface area contributed by atoms with Crippen molar-refractivity contribution in [3.8, 4) is 11.5 Å². The van der Waals surface area contributed by atoms with Crippen molar-refractivity contribution < 1.29 is 22.2 Å². The summed E-state index contributed by atoms with van der Waals surface area (Å²) in [5.41, 5.74) is 2.11. The van der Waals surface area contributed by atoms with Crippen LogP contribution in [0.25, 0.3) is 11.5 Å². The average Bonchev–Trinajstić information content (AvgIpc) is 3.31. The molecule has 0 spiro atoms. The number of nitrogens with one attached hydrogen (secondary N) is 1. The van der Waals surface area contributed by atoms with Crippen LogP contribution in [0.5, 0.6) is 0 Å². The molecular weight excluding hydrogens is 370 g/mol. The van der Waals surface area contributed by atoms with E-state index in [-0.39, 0.29) is 5.69 Å². The molecular formula is C18H17N3O5S. The van der Waals surface area contributed by atoms with Crippen LogP contribution in [0.2, 0.25) is 0 Å². The van der Waals surface area contributed by atoms with Crippen LogP contribution in [0.1, 0.15) is 22.5 Å². The number of carbonyl (C=O) groups is 1. The second kappa shape index (κ2) is 6.58. The minimum absolute atomic E-state index is 0.0964. The van der Waals surface area contributed by atoms with Crippen LogP contribution in [-0.4, -0.2) is 32.3 Å². The molecule has 0 saturated heterocycles. The fraction of sp³-hybridized carbons (Fsp3) is 0.222. The highest BCUT2D eigenvalue weighted by molar-refractivity contribution is 7.92. The summed E-state index contributed by atoms with van der Waals surface area (Å²) in [6, 6.07) is 10.1. The Morgan fingerprint density at radius 2 is 2.07 bits per heavy atom. The van der Waals surface area contributed by atoms with Crippen molar-refractivity contribution in [2.24, 2.45) is 0 Å². The Bertz CT molecular complexity index is 1090. The summed E-state index contributed by atoms with van der Waals surface area (Å²) in [5, 5.41) is 6.48. The van der Waals surface area contributed by atoms with Crippen LogP contribution in [0, 0.1) is 0 Å². The van der Waals surface area contributed by atoms with E-state index in [0.717, 1.165) is 18.4 Å². The number of anilines is 2. The second-order valence-electron chi connectivity index (χ2n) is 6.29. The fourth-order valence-corrected chi connectivity index (χ4v) is 4.06. The van der Waals surface area contributed by atoms with Gasteiger partial charge < -0.3 is 14.3 Å². The maximum Gasteiger partial charge on any atom is 0.277 e. The summed E-state index contributed by atoms with van der Waals surface area (Å²) in [5.74, 6) is 0.358. The third-order valence-electron chi connectivity index (χ3n) is 4.33. The number of aryl methyl sites for hydroxylation is 1. The lowest BCUT2D eigenvalue weighted by atomic mass is 10.0. The first-order chi connectivity index (χ1) is 12.9. The monoisotopic (exact) mass is 387 g/mol. The lowest BCUT2D eigenvalue weighted by Gasteiger charge is -2.29. The largest absolute Gasteiger partial charge is 0.461 e. The fourth-order valence-electron chi connectivity index (χ4n) is 3.08. The van der Waals surface area contributed by atoms with Crippen LogP contribution in [0.3, 0.4) is 0 Å². The van der Waals surface area contributed by atoms with E-state index in [9.17, 15) is 13.2 Å². The number of sulfonamides is 1. The third-order valence-corrected chi connectivity index (χ3v) is 5.51. The van der Waals surface area contributed by atoms with Crippen molar-refractivity contribution in [1.29, 1.82) is 0 Å². The minimum Gasteiger partial charge on any atom is -0.461 e. The highest BCUT2D eigenvalue weighted by Crippen LogP contribution is 2.32. The first-order valence-electron chi connectivity index (χ1n) is 8.34. The molecule has 0 atom stereocenters. The molecule has 0 saturated carbocycles. The zero-order valence-electron chi connectivity index (χ0n) is 14.5. The first kappa shape index (κ1) is 17.3. The lowest BCUT2D eigenvalue weighted by Crippen LogP contribution is -2.34. The molecule has 2 aromatic heterocycles. The number of nitrogens with zero attached hydrogens (tertiary/aromatic N) is 2. The van der Waals surface area contributed by atoms with Gasteiger partial charge in [-0.15, -0.1) is 0 Å². The highest BCUT2D eigenvalue weighted by atomic mass is 32.2. The molecule has 1 aliphatic rings. The van der Waals surface area contributed by atoms with Crippen molar-refractivity contribution in [2.45, 2.75) is 12.8 Å². The molecule has 0 unspecified atom stereocenters. The standard InChI is InChI=1S/C18H17N3O5S/c1-27(23,24)21-8-2-4-12-6-7-13(10-15(12)21)19-18(22)14-11-17(26-20-14)16-5-3-9-25-16/h3,5-7,9-11H,2,4,8H2,1H3,(H,19,22). The van der Waals surface area contributed by atoms with E-state index in [1.807, 2.05) is 6.07 Å². The predicted octanol–water partition coefficient (Wildman–Crippen LogP) is 2.90. The summed E-state index contributed by atoms with van der Waals surface area (Å²) in [4.78, 5) is 12.4. The van der Waals surface area contributed by atoms with Gasteiger partial charge in [0.1, 0.15) is 0 Å². The number of benzene rings is 1. The predicted molar refractivity (Wildman–Crippen MR) is 99.1 cm³/mol. The van der Waals surface area contributed by atoms with E-state index in [4.69, 9.17) is 8.94 Å². The topological polar surface area (TPSA) is 106 Å². The maximum atomic E-state index is 12.4. The molecule has 1 aromatic carbocycles. The van der Waals surface area contributed by atoms with Crippen molar-refractivity contribution in [2.75, 3.05) is 22.4 Å². The van der Waals surface area contributed by atoms with Gasteiger partial charge in [0.05, 0.1) is 18.2 Å². The van der Waals surface area contributed by atoms with E-state index >= 15 is 0 Å². The molecule has 1 N–H and O–H groups in total. The molecule has 1 aliphatic heterocycles. The van der Waals surface area contributed by atoms with Crippen LogP contribution >= 0.6 is 0 Å². The summed E-state index contributed by atoms with van der Waals surface area (Å²) in [6.07, 6.45) is 4.24. The van der Waals surface area contributed by atoms with Gasteiger partial charge in [-0.05, 0) is 42.7 Å². The summed E-state index contributed by atoms with van der Waals surface area (Å²) in [6.45, 7) is 0.430. The van der Waals surface area contributed by atoms with Crippen LogP contribution < -0.4 is 9.62 Å². The van der Waals surface area contributed by atoms with Gasteiger partial charge in [0, 0.05) is 18.3 Å². The van der Waals surface area contributed by atoms with E-state index in [0.29, 0.717) is 29.4 Å². The number of aromatic nitrogens is 1. The third kappa shape index (κ3) is 3.45. The zero-order chi connectivity index (χ0) is 19.0. The van der Waals surface area contributed by atoms with Crippen molar-refractivity contribution >= 4 is 27.3 Å². The van der Waals surface area contributed by atoms with Gasteiger partial charge in [-0.25, -0.2) is 8.42 Å². The summed E-state index contributed by atoms with van der Waals surface area (Å²) >= 11 is 0. The Labute approximate surface area is 155 Å².